The molecule has 0 radical (unpaired) electrons. The van der Waals surface area contributed by atoms with Gasteiger partial charge in [-0.05, 0) is 5.56 Å². The van der Waals surface area contributed by atoms with Crippen molar-refractivity contribution < 1.29 is 28.6 Å². The smallest absolute Gasteiger partial charge is 0.410 e. The topological polar surface area (TPSA) is 103 Å². The van der Waals surface area contributed by atoms with E-state index in [1.165, 1.54) is 6.92 Å². The second-order valence-corrected chi connectivity index (χ2v) is 5.81. The number of hydrogen-bond donors (Lipinski definition) is 2. The molecule has 1 rings (SSSR count). The molecule has 0 aliphatic carbocycles. The Morgan fingerprint density at radius 1 is 1.00 bits per heavy atom. The van der Waals surface area contributed by atoms with Gasteiger partial charge in [-0.15, -0.1) is 0 Å². The average molecular weight is 366 g/mol. The lowest BCUT2D eigenvalue weighted by molar-refractivity contribution is -0.168. The van der Waals surface area contributed by atoms with Gasteiger partial charge in [-0.1, -0.05) is 44.2 Å². The molecule has 8 nitrogen and oxygen atoms in total. The third-order valence-electron chi connectivity index (χ3n) is 3.10. The minimum atomic E-state index is -1.03. The molecule has 8 heteroatoms. The van der Waals surface area contributed by atoms with Gasteiger partial charge in [0.1, 0.15) is 0 Å². The quantitative estimate of drug-likeness (QED) is 0.370. The average Bonchev–Trinajstić information content (AvgIpc) is 2.60. The Balaban J connectivity index is 2.08. The van der Waals surface area contributed by atoms with Crippen molar-refractivity contribution in [2.24, 2.45) is 5.92 Å². The first-order valence-corrected chi connectivity index (χ1v) is 8.41. The molecule has 0 spiro atoms. The number of hydrogen-bond acceptors (Lipinski definition) is 6. The summed E-state index contributed by atoms with van der Waals surface area (Å²) in [5, 5.41) is 4.88. The van der Waals surface area contributed by atoms with Crippen LogP contribution in [-0.4, -0.2) is 44.0 Å². The Bertz CT molecular complexity index is 576. The fourth-order valence-corrected chi connectivity index (χ4v) is 1.76. The van der Waals surface area contributed by atoms with Gasteiger partial charge in [0.05, 0.1) is 25.7 Å². The summed E-state index contributed by atoms with van der Waals surface area (Å²) in [5.74, 6) is -1.17. The van der Waals surface area contributed by atoms with Gasteiger partial charge in [0, 0.05) is 13.5 Å². The van der Waals surface area contributed by atoms with E-state index in [9.17, 15) is 14.4 Å². The fourth-order valence-electron chi connectivity index (χ4n) is 1.76. The molecule has 0 heterocycles. The maximum atomic E-state index is 11.6. The highest BCUT2D eigenvalue weighted by molar-refractivity contribution is 5.82. The van der Waals surface area contributed by atoms with Gasteiger partial charge in [-0.25, -0.2) is 4.79 Å². The standard InChI is InChI=1S/C18H26N2O6/c1-13(2)17(22)25-14(3)26-18(23)20-11-16(21)19-9-10-24-12-15-7-5-4-6-8-15/h4-8,13-14H,9-12H2,1-3H3,(H,19,21)(H,20,23). The Hall–Kier alpha value is -2.61. The van der Waals surface area contributed by atoms with E-state index < -0.39 is 18.4 Å². The lowest BCUT2D eigenvalue weighted by Crippen LogP contribution is -2.39. The van der Waals surface area contributed by atoms with Crippen LogP contribution in [0.4, 0.5) is 4.79 Å². The van der Waals surface area contributed by atoms with Gasteiger partial charge in [0.2, 0.25) is 12.2 Å². The van der Waals surface area contributed by atoms with Crippen molar-refractivity contribution in [3.63, 3.8) is 0 Å². The molecule has 0 aliphatic rings. The minimum Gasteiger partial charge on any atom is -0.425 e. The van der Waals surface area contributed by atoms with Crippen LogP contribution in [0.15, 0.2) is 30.3 Å². The third-order valence-corrected chi connectivity index (χ3v) is 3.10. The second-order valence-electron chi connectivity index (χ2n) is 5.81. The van der Waals surface area contributed by atoms with Crippen LogP contribution in [0, 0.1) is 5.92 Å². The number of carbonyl (C=O) groups excluding carboxylic acids is 3. The number of rotatable bonds is 10. The summed E-state index contributed by atoms with van der Waals surface area (Å²) in [6, 6.07) is 9.68. The van der Waals surface area contributed by atoms with Crippen LogP contribution >= 0.6 is 0 Å². The number of amides is 2. The highest BCUT2D eigenvalue weighted by Gasteiger charge is 2.16. The van der Waals surface area contributed by atoms with Crippen molar-refractivity contribution in [1.29, 1.82) is 0 Å². The Labute approximate surface area is 153 Å². The summed E-state index contributed by atoms with van der Waals surface area (Å²) in [6.07, 6.45) is -1.87. The van der Waals surface area contributed by atoms with E-state index in [0.717, 1.165) is 5.56 Å². The molecule has 2 amide bonds. The van der Waals surface area contributed by atoms with Crippen molar-refractivity contribution in [2.75, 3.05) is 19.7 Å². The molecule has 1 aromatic rings. The normalized spacial score (nSPS) is 11.5. The third kappa shape index (κ3) is 9.63. The highest BCUT2D eigenvalue weighted by atomic mass is 16.7. The van der Waals surface area contributed by atoms with Crippen molar-refractivity contribution in [1.82, 2.24) is 10.6 Å². The molecule has 0 saturated heterocycles. The largest absolute Gasteiger partial charge is 0.425 e. The maximum Gasteiger partial charge on any atom is 0.410 e. The van der Waals surface area contributed by atoms with Crippen LogP contribution in [0.1, 0.15) is 26.3 Å². The van der Waals surface area contributed by atoms with Gasteiger partial charge in [0.15, 0.2) is 0 Å². The predicted octanol–water partition coefficient (Wildman–Crippen LogP) is 1.59. The monoisotopic (exact) mass is 366 g/mol. The SMILES string of the molecule is CC(OC(=O)NCC(=O)NCCOCc1ccccc1)OC(=O)C(C)C. The van der Waals surface area contributed by atoms with E-state index in [0.29, 0.717) is 19.8 Å². The molecule has 26 heavy (non-hydrogen) atoms. The lowest BCUT2D eigenvalue weighted by Gasteiger charge is -2.15. The van der Waals surface area contributed by atoms with E-state index in [-0.39, 0.29) is 18.4 Å². The molecular weight excluding hydrogens is 340 g/mol. The molecule has 144 valence electrons. The maximum absolute atomic E-state index is 11.6. The Kier molecular flexibility index (Phi) is 9.78. The van der Waals surface area contributed by atoms with E-state index in [1.54, 1.807) is 13.8 Å². The van der Waals surface area contributed by atoms with Gasteiger partial charge in [0.25, 0.3) is 0 Å². The molecule has 1 aromatic carbocycles. The molecule has 2 N–H and O–H groups in total. The number of esters is 1. The summed E-state index contributed by atoms with van der Waals surface area (Å²) in [6.45, 7) is 5.66. The summed E-state index contributed by atoms with van der Waals surface area (Å²) in [7, 11) is 0. The van der Waals surface area contributed by atoms with Gasteiger partial charge in [-0.3, -0.25) is 9.59 Å². The molecule has 0 aromatic heterocycles. The van der Waals surface area contributed by atoms with Crippen molar-refractivity contribution in [3.05, 3.63) is 35.9 Å². The van der Waals surface area contributed by atoms with E-state index >= 15 is 0 Å². The first-order chi connectivity index (χ1) is 12.4. The van der Waals surface area contributed by atoms with Crippen LogP contribution in [-0.2, 0) is 30.4 Å². The first-order valence-electron chi connectivity index (χ1n) is 8.41. The molecule has 0 saturated carbocycles. The highest BCUT2D eigenvalue weighted by Crippen LogP contribution is 2.02. The zero-order chi connectivity index (χ0) is 19.4. The van der Waals surface area contributed by atoms with Crippen molar-refractivity contribution in [3.8, 4) is 0 Å². The van der Waals surface area contributed by atoms with Crippen LogP contribution in [0.3, 0.4) is 0 Å². The summed E-state index contributed by atoms with van der Waals surface area (Å²) in [4.78, 5) is 34.5. The predicted molar refractivity (Wildman–Crippen MR) is 94.0 cm³/mol. The van der Waals surface area contributed by atoms with Crippen LogP contribution in [0.25, 0.3) is 0 Å². The van der Waals surface area contributed by atoms with E-state index in [4.69, 9.17) is 14.2 Å². The van der Waals surface area contributed by atoms with Crippen molar-refractivity contribution >= 4 is 18.0 Å². The first kappa shape index (κ1) is 21.4. The Morgan fingerprint density at radius 2 is 1.69 bits per heavy atom. The molecule has 1 atom stereocenters. The number of ether oxygens (including phenoxy) is 3. The number of carbonyl (C=O) groups is 3. The molecule has 0 bridgehead atoms. The zero-order valence-electron chi connectivity index (χ0n) is 15.3. The van der Waals surface area contributed by atoms with E-state index in [2.05, 4.69) is 10.6 Å². The number of benzene rings is 1. The van der Waals surface area contributed by atoms with Gasteiger partial charge in [-0.2, -0.15) is 0 Å². The summed E-state index contributed by atoms with van der Waals surface area (Å²) in [5.41, 5.74) is 1.05. The number of nitrogens with one attached hydrogen (secondary N) is 2. The fraction of sp³-hybridized carbons (Fsp3) is 0.500. The summed E-state index contributed by atoms with van der Waals surface area (Å²) >= 11 is 0. The van der Waals surface area contributed by atoms with Crippen LogP contribution in [0.5, 0.6) is 0 Å². The lowest BCUT2D eigenvalue weighted by atomic mass is 10.2. The van der Waals surface area contributed by atoms with Crippen molar-refractivity contribution in [2.45, 2.75) is 33.7 Å². The molecule has 0 fully saturated rings. The van der Waals surface area contributed by atoms with Crippen LogP contribution in [0.2, 0.25) is 0 Å². The molecule has 0 aliphatic heterocycles. The molecular formula is C18H26N2O6. The second kappa shape index (κ2) is 11.9. The summed E-state index contributed by atoms with van der Waals surface area (Å²) < 4.78 is 15.1. The van der Waals surface area contributed by atoms with E-state index in [1.807, 2.05) is 30.3 Å². The van der Waals surface area contributed by atoms with Gasteiger partial charge >= 0.3 is 12.1 Å². The minimum absolute atomic E-state index is 0.248. The van der Waals surface area contributed by atoms with Gasteiger partial charge < -0.3 is 24.8 Å². The number of alkyl carbamates (subject to hydrolysis) is 1. The zero-order valence-corrected chi connectivity index (χ0v) is 15.3. The van der Waals surface area contributed by atoms with Crippen LogP contribution < -0.4 is 10.6 Å². The molecule has 1 unspecified atom stereocenters. The Morgan fingerprint density at radius 3 is 2.35 bits per heavy atom.